The van der Waals surface area contributed by atoms with Gasteiger partial charge in [0.1, 0.15) is 17.2 Å². The molecule has 0 aliphatic carbocycles. The topological polar surface area (TPSA) is 110 Å². The third-order valence-corrected chi connectivity index (χ3v) is 7.43. The van der Waals surface area contributed by atoms with Crippen molar-refractivity contribution in [1.29, 1.82) is 0 Å². The zero-order chi connectivity index (χ0) is 22.7. The number of hydrogen-bond acceptors (Lipinski definition) is 6. The van der Waals surface area contributed by atoms with Crippen LogP contribution in [-0.4, -0.2) is 48.5 Å². The quantitative estimate of drug-likeness (QED) is 0.500. The van der Waals surface area contributed by atoms with E-state index in [9.17, 15) is 8.42 Å². The summed E-state index contributed by atoms with van der Waals surface area (Å²) in [7, 11) is -3.25. The van der Waals surface area contributed by atoms with Crippen LogP contribution in [0.25, 0.3) is 34.2 Å². The number of nitrogens with zero attached hydrogens (tertiary/aromatic N) is 6. The van der Waals surface area contributed by atoms with Crippen molar-refractivity contribution < 1.29 is 8.42 Å². The molecule has 4 aromatic heterocycles. The van der Waals surface area contributed by atoms with E-state index in [1.165, 1.54) is 10.6 Å². The Morgan fingerprint density at radius 3 is 2.73 bits per heavy atom. The number of sulfonamides is 1. The molecule has 0 amide bonds. The van der Waals surface area contributed by atoms with Crippen LogP contribution in [0.3, 0.4) is 0 Å². The Morgan fingerprint density at radius 1 is 1.06 bits per heavy atom. The van der Waals surface area contributed by atoms with Gasteiger partial charge in [-0.1, -0.05) is 6.07 Å². The average Bonchev–Trinajstić information content (AvgIpc) is 3.52. The molecule has 0 bridgehead atoms. The fraction of sp³-hybridized carbons (Fsp3) is 0.304. The van der Waals surface area contributed by atoms with Crippen molar-refractivity contribution in [2.45, 2.75) is 39.4 Å². The van der Waals surface area contributed by atoms with E-state index in [4.69, 9.17) is 9.97 Å². The third kappa shape index (κ3) is 3.46. The molecule has 168 valence electrons. The lowest BCUT2D eigenvalue weighted by Crippen LogP contribution is -2.24. The number of aryl methyl sites for hydroxylation is 2. The van der Waals surface area contributed by atoms with Gasteiger partial charge in [0.15, 0.2) is 5.82 Å². The van der Waals surface area contributed by atoms with Crippen LogP contribution in [0.5, 0.6) is 0 Å². The predicted molar refractivity (Wildman–Crippen MR) is 123 cm³/mol. The van der Waals surface area contributed by atoms with Crippen molar-refractivity contribution >= 4 is 10.0 Å². The van der Waals surface area contributed by atoms with Crippen molar-refractivity contribution in [2.75, 3.05) is 6.26 Å². The normalized spacial score (nSPS) is 15.7. The molecule has 0 saturated carbocycles. The fourth-order valence-corrected chi connectivity index (χ4v) is 5.36. The van der Waals surface area contributed by atoms with E-state index in [0.29, 0.717) is 18.1 Å². The van der Waals surface area contributed by atoms with Crippen LogP contribution >= 0.6 is 0 Å². The van der Waals surface area contributed by atoms with Crippen LogP contribution < -0.4 is 0 Å². The van der Waals surface area contributed by atoms with E-state index in [0.717, 1.165) is 64.9 Å². The Morgan fingerprint density at radius 2 is 1.94 bits per heavy atom. The van der Waals surface area contributed by atoms with Gasteiger partial charge in [0.25, 0.3) is 0 Å². The van der Waals surface area contributed by atoms with E-state index in [1.54, 1.807) is 6.20 Å². The first-order valence-corrected chi connectivity index (χ1v) is 12.7. The maximum atomic E-state index is 11.9. The minimum atomic E-state index is -3.25. The van der Waals surface area contributed by atoms with Gasteiger partial charge in [-0.2, -0.15) is 4.31 Å². The molecule has 0 fully saturated rings. The molecule has 2 aliphatic heterocycles. The first-order chi connectivity index (χ1) is 15.9. The maximum Gasteiger partial charge on any atom is 0.211 e. The summed E-state index contributed by atoms with van der Waals surface area (Å²) in [6.07, 6.45) is 5.04. The van der Waals surface area contributed by atoms with Crippen molar-refractivity contribution in [3.05, 3.63) is 59.4 Å². The van der Waals surface area contributed by atoms with Crippen molar-refractivity contribution in [1.82, 2.24) is 33.8 Å². The van der Waals surface area contributed by atoms with Gasteiger partial charge in [0.05, 0.1) is 42.1 Å². The molecule has 1 N–H and O–H groups in total. The number of pyridine rings is 2. The molecule has 0 atom stereocenters. The van der Waals surface area contributed by atoms with Gasteiger partial charge >= 0.3 is 0 Å². The largest absolute Gasteiger partial charge is 0.339 e. The summed E-state index contributed by atoms with van der Waals surface area (Å²) in [4.78, 5) is 22.1. The molecule has 0 aromatic carbocycles. The van der Waals surface area contributed by atoms with Crippen LogP contribution in [0, 0.1) is 6.92 Å². The van der Waals surface area contributed by atoms with Gasteiger partial charge in [-0.05, 0) is 37.6 Å². The Labute approximate surface area is 191 Å². The molecule has 0 unspecified atom stereocenters. The highest BCUT2D eigenvalue weighted by atomic mass is 32.2. The van der Waals surface area contributed by atoms with Gasteiger partial charge in [0, 0.05) is 30.4 Å². The summed E-state index contributed by atoms with van der Waals surface area (Å²) in [5, 5.41) is 0. The van der Waals surface area contributed by atoms with E-state index in [1.807, 2.05) is 37.3 Å². The van der Waals surface area contributed by atoms with Crippen LogP contribution in [-0.2, 0) is 36.1 Å². The first kappa shape index (κ1) is 20.3. The molecule has 0 saturated heterocycles. The van der Waals surface area contributed by atoms with Crippen molar-refractivity contribution in [3.8, 4) is 34.2 Å². The smallest absolute Gasteiger partial charge is 0.211 e. The molecule has 4 aromatic rings. The van der Waals surface area contributed by atoms with Gasteiger partial charge in [-0.3, -0.25) is 9.97 Å². The van der Waals surface area contributed by atoms with Gasteiger partial charge < -0.3 is 9.55 Å². The summed E-state index contributed by atoms with van der Waals surface area (Å²) in [5.41, 5.74) is 7.04. The molecule has 6 heterocycles. The number of H-pyrrole nitrogens is 1. The number of fused-ring (bicyclic) bond motifs is 2. The number of nitrogens with one attached hydrogen (secondary N) is 1. The summed E-state index contributed by atoms with van der Waals surface area (Å²) < 4.78 is 27.4. The summed E-state index contributed by atoms with van der Waals surface area (Å²) in [6.45, 7) is 3.50. The summed E-state index contributed by atoms with van der Waals surface area (Å²) in [5.74, 6) is 1.73. The van der Waals surface area contributed by atoms with Gasteiger partial charge in [0.2, 0.25) is 10.0 Å². The second-order valence-corrected chi connectivity index (χ2v) is 10.6. The Kier molecular flexibility index (Phi) is 4.49. The van der Waals surface area contributed by atoms with Gasteiger partial charge in [-0.25, -0.2) is 18.4 Å². The lowest BCUT2D eigenvalue weighted by molar-refractivity contribution is 0.431. The monoisotopic (exact) mass is 461 g/mol. The second kappa shape index (κ2) is 7.32. The minimum absolute atomic E-state index is 0.281. The zero-order valence-electron chi connectivity index (χ0n) is 18.4. The molecule has 10 heteroatoms. The molecule has 6 rings (SSSR count). The van der Waals surface area contributed by atoms with E-state index >= 15 is 0 Å². The average molecular weight is 462 g/mol. The molecule has 33 heavy (non-hydrogen) atoms. The number of rotatable bonds is 4. The number of hydrogen-bond donors (Lipinski definition) is 1. The number of aromatic nitrogens is 6. The molecule has 0 spiro atoms. The zero-order valence-corrected chi connectivity index (χ0v) is 19.2. The second-order valence-electron chi connectivity index (χ2n) is 8.62. The van der Waals surface area contributed by atoms with E-state index in [-0.39, 0.29) is 6.54 Å². The highest BCUT2D eigenvalue weighted by Crippen LogP contribution is 2.36. The highest BCUT2D eigenvalue weighted by molar-refractivity contribution is 7.88. The summed E-state index contributed by atoms with van der Waals surface area (Å²) >= 11 is 0. The summed E-state index contributed by atoms with van der Waals surface area (Å²) in [6, 6.07) is 10.0. The van der Waals surface area contributed by atoms with Crippen LogP contribution in [0.2, 0.25) is 0 Å². The Balaban J connectivity index is 1.41. The number of imidazole rings is 2. The van der Waals surface area contributed by atoms with Crippen LogP contribution in [0.15, 0.2) is 36.5 Å². The molecular formula is C23H23N7O2S. The van der Waals surface area contributed by atoms with Crippen molar-refractivity contribution in [3.63, 3.8) is 0 Å². The third-order valence-electron chi connectivity index (χ3n) is 6.23. The minimum Gasteiger partial charge on any atom is -0.339 e. The van der Waals surface area contributed by atoms with Gasteiger partial charge in [-0.15, -0.1) is 0 Å². The lowest BCUT2D eigenvalue weighted by atomic mass is 10.1. The highest BCUT2D eigenvalue weighted by Gasteiger charge is 2.30. The van der Waals surface area contributed by atoms with Crippen LogP contribution in [0.1, 0.15) is 29.3 Å². The molecule has 0 radical (unpaired) electrons. The standard InChI is InChI=1S/C23H23N7O2S/c1-14-5-3-6-16(25-14)21-22(30-10-4-7-20(30)28-21)15-8-9-24-17(11-15)23-26-18-12-29(33(2,31)32)13-19(18)27-23/h3,5-6,8-9,11H,4,7,10,12-13H2,1-2H3,(H,26,27). The SMILES string of the molecule is Cc1cccc(-c2nc3n(c2-c2ccnc(-c4nc5c([nH]4)CN(S(C)(=O)=O)C5)c2)CCC3)n1. The van der Waals surface area contributed by atoms with Crippen LogP contribution in [0.4, 0.5) is 0 Å². The molecule has 2 aliphatic rings. The van der Waals surface area contributed by atoms with E-state index < -0.39 is 10.0 Å². The Bertz CT molecular complexity index is 1480. The van der Waals surface area contributed by atoms with Crippen molar-refractivity contribution in [2.24, 2.45) is 0 Å². The Hall–Kier alpha value is -3.37. The first-order valence-electron chi connectivity index (χ1n) is 10.9. The lowest BCUT2D eigenvalue weighted by Gasteiger charge is -2.11. The maximum absolute atomic E-state index is 11.9. The fourth-order valence-electron chi connectivity index (χ4n) is 4.64. The molecular weight excluding hydrogens is 438 g/mol. The predicted octanol–water partition coefficient (Wildman–Crippen LogP) is 2.93. The number of aromatic amines is 1. The molecule has 9 nitrogen and oxygen atoms in total. The van der Waals surface area contributed by atoms with E-state index in [2.05, 4.69) is 19.5 Å².